The third kappa shape index (κ3) is 3.02. The Morgan fingerprint density at radius 1 is 1.16 bits per heavy atom. The van der Waals surface area contributed by atoms with Crippen LogP contribution in [0.15, 0.2) is 34.0 Å². The van der Waals surface area contributed by atoms with Crippen molar-refractivity contribution in [2.75, 3.05) is 20.5 Å². The summed E-state index contributed by atoms with van der Waals surface area (Å²) < 4.78 is 11.3. The van der Waals surface area contributed by atoms with Gasteiger partial charge in [0.05, 0.1) is 19.1 Å². The predicted octanol–water partition coefficient (Wildman–Crippen LogP) is 3.71. The number of hydrogen-bond donors (Lipinski definition) is 1. The minimum Gasteiger partial charge on any atom is -0.493 e. The summed E-state index contributed by atoms with van der Waals surface area (Å²) >= 11 is 1.45. The van der Waals surface area contributed by atoms with Crippen LogP contribution in [0.3, 0.4) is 0 Å². The Kier molecular flexibility index (Phi) is 5.06. The van der Waals surface area contributed by atoms with Gasteiger partial charge in [0.25, 0.3) is 0 Å². The molecule has 2 N–H and O–H groups in total. The average Bonchev–Trinajstić information content (AvgIpc) is 2.84. The number of fused-ring (bicyclic) bond motifs is 3. The number of nitrogens with two attached hydrogens (primary N) is 1. The van der Waals surface area contributed by atoms with Gasteiger partial charge >= 0.3 is 0 Å². The number of methoxy groups -OCH3 is 2. The molecule has 0 bridgehead atoms. The second kappa shape index (κ2) is 7.10. The summed E-state index contributed by atoms with van der Waals surface area (Å²) in [6.07, 6.45) is 3.52. The number of benzene rings is 1. The number of rotatable bonds is 3. The summed E-state index contributed by atoms with van der Waals surface area (Å²) in [7, 11) is 3.30. The van der Waals surface area contributed by atoms with E-state index >= 15 is 0 Å². The molecule has 0 amide bonds. The fraction of sp³-hybridized carbons (Fsp3) is 0.350. The molecule has 5 heteroatoms. The van der Waals surface area contributed by atoms with E-state index in [-0.39, 0.29) is 11.5 Å². The number of ether oxygens (including phenoxy) is 2. The molecule has 0 saturated heterocycles. The topological polar surface area (TPSA) is 61.5 Å². The fourth-order valence-electron chi connectivity index (χ4n) is 3.58. The highest BCUT2D eigenvalue weighted by molar-refractivity contribution is 7.98. The van der Waals surface area contributed by atoms with Gasteiger partial charge in [0, 0.05) is 11.6 Å². The van der Waals surface area contributed by atoms with Crippen molar-refractivity contribution in [2.45, 2.75) is 30.7 Å². The summed E-state index contributed by atoms with van der Waals surface area (Å²) in [5.74, 6) is 1.43. The van der Waals surface area contributed by atoms with Gasteiger partial charge in [0.15, 0.2) is 16.9 Å². The van der Waals surface area contributed by atoms with Crippen LogP contribution in [-0.2, 0) is 6.42 Å². The predicted molar refractivity (Wildman–Crippen MR) is 103 cm³/mol. The van der Waals surface area contributed by atoms with Crippen LogP contribution in [0.4, 0.5) is 0 Å². The lowest BCUT2D eigenvalue weighted by Gasteiger charge is -2.18. The molecule has 1 atom stereocenters. The molecule has 2 aromatic carbocycles. The van der Waals surface area contributed by atoms with E-state index in [1.54, 1.807) is 20.3 Å². The summed E-state index contributed by atoms with van der Waals surface area (Å²) in [4.78, 5) is 13.2. The van der Waals surface area contributed by atoms with E-state index in [2.05, 4.69) is 6.07 Å². The van der Waals surface area contributed by atoms with Gasteiger partial charge in [0.1, 0.15) is 0 Å². The first-order valence-electron chi connectivity index (χ1n) is 8.24. The minimum atomic E-state index is -0.187. The molecule has 2 aromatic rings. The highest BCUT2D eigenvalue weighted by atomic mass is 32.2. The fourth-order valence-corrected chi connectivity index (χ4v) is 4.04. The molecule has 0 aliphatic heterocycles. The Hall–Kier alpha value is -1.98. The van der Waals surface area contributed by atoms with Gasteiger partial charge in [-0.3, -0.25) is 4.79 Å². The molecular weight excluding hydrogens is 334 g/mol. The maximum atomic E-state index is 12.5. The van der Waals surface area contributed by atoms with Crippen LogP contribution in [0.2, 0.25) is 0 Å². The maximum absolute atomic E-state index is 12.5. The standard InChI is InChI=1S/C20H23NO3S/c1-11-9-12-5-7-15(21)14-10-16(22)17(25-4)8-6-13(14)18(12)20(24-3)19(11)23-2/h6,8-10,15H,5,7,21H2,1-4H3. The normalized spacial score (nSPS) is 15.8. The van der Waals surface area contributed by atoms with Gasteiger partial charge in [-0.15, -0.1) is 11.8 Å². The Labute approximate surface area is 152 Å². The molecule has 1 aliphatic carbocycles. The van der Waals surface area contributed by atoms with Gasteiger partial charge in [-0.05, 0) is 60.4 Å². The van der Waals surface area contributed by atoms with Crippen LogP contribution >= 0.6 is 11.8 Å². The van der Waals surface area contributed by atoms with Crippen molar-refractivity contribution in [1.29, 1.82) is 0 Å². The van der Waals surface area contributed by atoms with Crippen molar-refractivity contribution in [1.82, 2.24) is 0 Å². The Balaban J connectivity index is 2.44. The van der Waals surface area contributed by atoms with Crippen LogP contribution in [-0.4, -0.2) is 20.5 Å². The van der Waals surface area contributed by atoms with Crippen LogP contribution in [0, 0.1) is 6.92 Å². The summed E-state index contributed by atoms with van der Waals surface area (Å²) in [6.45, 7) is 2.01. The van der Waals surface area contributed by atoms with Gasteiger partial charge in [-0.25, -0.2) is 0 Å². The number of thioether (sulfide) groups is 1. The molecule has 4 nitrogen and oxygen atoms in total. The van der Waals surface area contributed by atoms with E-state index in [9.17, 15) is 4.79 Å². The molecule has 0 spiro atoms. The van der Waals surface area contributed by atoms with E-state index in [1.807, 2.05) is 25.3 Å². The van der Waals surface area contributed by atoms with E-state index in [0.29, 0.717) is 10.6 Å². The largest absolute Gasteiger partial charge is 0.493 e. The van der Waals surface area contributed by atoms with Crippen LogP contribution in [0.5, 0.6) is 11.5 Å². The zero-order valence-corrected chi connectivity index (χ0v) is 15.8. The second-order valence-corrected chi connectivity index (χ2v) is 7.07. The molecule has 25 heavy (non-hydrogen) atoms. The molecule has 1 aliphatic rings. The molecular formula is C20H23NO3S. The first-order chi connectivity index (χ1) is 12.0. The van der Waals surface area contributed by atoms with Crippen LogP contribution in [0.25, 0.3) is 11.1 Å². The Morgan fingerprint density at radius 2 is 1.88 bits per heavy atom. The van der Waals surface area contributed by atoms with Gasteiger partial charge < -0.3 is 15.2 Å². The highest BCUT2D eigenvalue weighted by Crippen LogP contribution is 2.47. The number of aryl methyl sites for hydroxylation is 2. The van der Waals surface area contributed by atoms with Crippen LogP contribution < -0.4 is 20.6 Å². The van der Waals surface area contributed by atoms with Crippen molar-refractivity contribution in [3.8, 4) is 22.6 Å². The van der Waals surface area contributed by atoms with E-state index in [0.717, 1.165) is 40.8 Å². The molecule has 1 unspecified atom stereocenters. The Morgan fingerprint density at radius 3 is 2.52 bits per heavy atom. The molecule has 132 valence electrons. The summed E-state index contributed by atoms with van der Waals surface area (Å²) in [5, 5.41) is 0. The zero-order valence-electron chi connectivity index (χ0n) is 15.0. The smallest absolute Gasteiger partial charge is 0.192 e. The third-order valence-corrected chi connectivity index (χ3v) is 5.54. The third-order valence-electron chi connectivity index (χ3n) is 4.77. The molecule has 3 rings (SSSR count). The summed E-state index contributed by atoms with van der Waals surface area (Å²) in [5.41, 5.74) is 11.4. The average molecular weight is 357 g/mol. The molecule has 0 heterocycles. The maximum Gasteiger partial charge on any atom is 0.192 e. The molecule has 0 saturated carbocycles. The van der Waals surface area contributed by atoms with Crippen molar-refractivity contribution >= 4 is 11.8 Å². The van der Waals surface area contributed by atoms with Crippen LogP contribution in [0.1, 0.15) is 29.2 Å². The van der Waals surface area contributed by atoms with Gasteiger partial charge in [0.2, 0.25) is 0 Å². The zero-order chi connectivity index (χ0) is 18.1. The SMILES string of the molecule is COc1c(C)cc2c(c1OC)-c1ccc(SC)c(=O)cc1C(N)CC2. The van der Waals surface area contributed by atoms with Crippen molar-refractivity contribution in [3.63, 3.8) is 0 Å². The number of hydrogen-bond acceptors (Lipinski definition) is 5. The van der Waals surface area contributed by atoms with Crippen molar-refractivity contribution in [3.05, 3.63) is 51.2 Å². The van der Waals surface area contributed by atoms with Gasteiger partial charge in [-0.1, -0.05) is 12.1 Å². The van der Waals surface area contributed by atoms with Crippen molar-refractivity contribution in [2.24, 2.45) is 5.73 Å². The lowest BCUT2D eigenvalue weighted by Crippen LogP contribution is -2.12. The van der Waals surface area contributed by atoms with E-state index < -0.39 is 0 Å². The van der Waals surface area contributed by atoms with Gasteiger partial charge in [-0.2, -0.15) is 0 Å². The molecule has 0 aromatic heterocycles. The monoisotopic (exact) mass is 357 g/mol. The first kappa shape index (κ1) is 17.8. The molecule has 0 radical (unpaired) electrons. The van der Waals surface area contributed by atoms with E-state index in [4.69, 9.17) is 15.2 Å². The van der Waals surface area contributed by atoms with E-state index in [1.165, 1.54) is 17.3 Å². The minimum absolute atomic E-state index is 0.00527. The highest BCUT2D eigenvalue weighted by Gasteiger charge is 2.26. The second-order valence-electron chi connectivity index (χ2n) is 6.22. The van der Waals surface area contributed by atoms with Crippen molar-refractivity contribution < 1.29 is 9.47 Å². The first-order valence-corrected chi connectivity index (χ1v) is 9.47. The quantitative estimate of drug-likeness (QED) is 0.849. The lowest BCUT2D eigenvalue weighted by molar-refractivity contribution is 0.353. The molecule has 0 fully saturated rings. The summed E-state index contributed by atoms with van der Waals surface area (Å²) in [6, 6.07) is 7.50. The Bertz CT molecular complexity index is 880. The lowest BCUT2D eigenvalue weighted by atomic mass is 9.94.